The summed E-state index contributed by atoms with van der Waals surface area (Å²) in [7, 11) is 1.51. The number of carbonyl (C=O) groups is 1. The second-order valence-electron chi connectivity index (χ2n) is 5.24. The second kappa shape index (κ2) is 7.73. The minimum Gasteiger partial charge on any atom is -0.495 e. The van der Waals surface area contributed by atoms with E-state index in [2.05, 4.69) is 15.8 Å². The predicted octanol–water partition coefficient (Wildman–Crippen LogP) is 2.95. The summed E-state index contributed by atoms with van der Waals surface area (Å²) in [5.74, 6) is 0.357. The lowest BCUT2D eigenvalue weighted by molar-refractivity contribution is -0.115. The van der Waals surface area contributed by atoms with Gasteiger partial charge >= 0.3 is 0 Å². The van der Waals surface area contributed by atoms with E-state index in [1.165, 1.54) is 32.4 Å². The van der Waals surface area contributed by atoms with Crippen molar-refractivity contribution in [3.63, 3.8) is 0 Å². The minimum absolute atomic E-state index is 0.151. The first-order valence-corrected chi connectivity index (χ1v) is 7.27. The summed E-state index contributed by atoms with van der Waals surface area (Å²) in [5.41, 5.74) is 0.719. The molecule has 0 radical (unpaired) electrons. The number of nitroso groups, excluding NO2 is 1. The molecule has 1 saturated carbocycles. The summed E-state index contributed by atoms with van der Waals surface area (Å²) in [6.45, 7) is 0.257. The molecule has 21 heavy (non-hydrogen) atoms. The maximum atomic E-state index is 12.0. The lowest BCUT2D eigenvalue weighted by atomic mass is 9.95. The average molecular weight is 291 g/mol. The van der Waals surface area contributed by atoms with Gasteiger partial charge in [-0.2, -0.15) is 0 Å². The molecule has 1 amide bonds. The Balaban J connectivity index is 1.90. The minimum atomic E-state index is -0.151. The predicted molar refractivity (Wildman–Crippen MR) is 82.0 cm³/mol. The van der Waals surface area contributed by atoms with Crippen molar-refractivity contribution in [2.45, 2.75) is 38.1 Å². The second-order valence-corrected chi connectivity index (χ2v) is 5.24. The zero-order valence-corrected chi connectivity index (χ0v) is 12.2. The lowest BCUT2D eigenvalue weighted by Crippen LogP contribution is -2.37. The van der Waals surface area contributed by atoms with E-state index in [-0.39, 0.29) is 18.1 Å². The van der Waals surface area contributed by atoms with Crippen LogP contribution in [0.2, 0.25) is 0 Å². The molecule has 0 aromatic heterocycles. The number of hydrogen-bond acceptors (Lipinski definition) is 5. The number of amides is 1. The summed E-state index contributed by atoms with van der Waals surface area (Å²) in [5, 5.41) is 8.88. The molecule has 114 valence electrons. The normalized spacial score (nSPS) is 15.5. The van der Waals surface area contributed by atoms with Crippen LogP contribution in [0.3, 0.4) is 0 Å². The molecular weight excluding hydrogens is 270 g/mol. The number of nitrogens with one attached hydrogen (secondary N) is 2. The Kier molecular flexibility index (Phi) is 5.68. The standard InChI is InChI=1S/C15H21N3O3/c1-21-14-8-7-12(18-20)9-13(14)17-15(19)10-16-11-5-3-2-4-6-11/h7-9,11,16H,2-6,10H2,1H3,(H,17,19). The summed E-state index contributed by atoms with van der Waals surface area (Å²) in [4.78, 5) is 22.5. The molecule has 1 aromatic rings. The van der Waals surface area contributed by atoms with Crippen molar-refractivity contribution < 1.29 is 9.53 Å². The summed E-state index contributed by atoms with van der Waals surface area (Å²) < 4.78 is 5.16. The van der Waals surface area contributed by atoms with Gasteiger partial charge in [0, 0.05) is 6.04 Å². The number of ether oxygens (including phenoxy) is 1. The summed E-state index contributed by atoms with van der Waals surface area (Å²) in [6.07, 6.45) is 5.98. The van der Waals surface area contributed by atoms with E-state index in [1.54, 1.807) is 12.1 Å². The average Bonchev–Trinajstić information content (AvgIpc) is 2.54. The highest BCUT2D eigenvalue weighted by Gasteiger charge is 2.15. The van der Waals surface area contributed by atoms with Gasteiger partial charge in [-0.25, -0.2) is 0 Å². The van der Waals surface area contributed by atoms with Crippen molar-refractivity contribution in [3.8, 4) is 5.75 Å². The molecule has 6 nitrogen and oxygen atoms in total. The molecule has 0 unspecified atom stereocenters. The van der Waals surface area contributed by atoms with Crippen molar-refractivity contribution in [2.75, 3.05) is 19.0 Å². The van der Waals surface area contributed by atoms with E-state index in [0.29, 0.717) is 17.5 Å². The lowest BCUT2D eigenvalue weighted by Gasteiger charge is -2.22. The molecule has 0 saturated heterocycles. The van der Waals surface area contributed by atoms with Gasteiger partial charge in [0.2, 0.25) is 5.91 Å². The van der Waals surface area contributed by atoms with Gasteiger partial charge in [-0.05, 0) is 36.2 Å². The van der Waals surface area contributed by atoms with E-state index in [4.69, 9.17) is 4.74 Å². The van der Waals surface area contributed by atoms with Crippen molar-refractivity contribution in [1.29, 1.82) is 0 Å². The quantitative estimate of drug-likeness (QED) is 0.790. The van der Waals surface area contributed by atoms with Gasteiger partial charge in [-0.15, -0.1) is 4.91 Å². The van der Waals surface area contributed by atoms with Gasteiger partial charge in [0.15, 0.2) is 0 Å². The molecule has 0 heterocycles. The number of carbonyl (C=O) groups excluding carboxylic acids is 1. The van der Waals surface area contributed by atoms with Crippen molar-refractivity contribution in [1.82, 2.24) is 5.32 Å². The van der Waals surface area contributed by atoms with Gasteiger partial charge < -0.3 is 15.4 Å². The number of nitrogens with zero attached hydrogens (tertiary/aromatic N) is 1. The maximum Gasteiger partial charge on any atom is 0.238 e. The van der Waals surface area contributed by atoms with Crippen LogP contribution < -0.4 is 15.4 Å². The van der Waals surface area contributed by atoms with Crippen molar-refractivity contribution >= 4 is 17.3 Å². The maximum absolute atomic E-state index is 12.0. The van der Waals surface area contributed by atoms with Crippen molar-refractivity contribution in [2.24, 2.45) is 5.18 Å². The molecule has 0 aliphatic heterocycles. The first-order chi connectivity index (χ1) is 10.2. The molecule has 1 aliphatic carbocycles. The first-order valence-electron chi connectivity index (χ1n) is 7.27. The van der Waals surface area contributed by atoms with Crippen molar-refractivity contribution in [3.05, 3.63) is 23.1 Å². The molecule has 0 spiro atoms. The Morgan fingerprint density at radius 1 is 1.33 bits per heavy atom. The van der Waals surface area contributed by atoms with E-state index in [0.717, 1.165) is 12.8 Å². The fraction of sp³-hybridized carbons (Fsp3) is 0.533. The molecule has 1 aliphatic rings. The highest BCUT2D eigenvalue weighted by Crippen LogP contribution is 2.29. The van der Waals surface area contributed by atoms with Gasteiger partial charge in [-0.3, -0.25) is 4.79 Å². The molecule has 1 fully saturated rings. The van der Waals surface area contributed by atoms with Crippen LogP contribution in [0.25, 0.3) is 0 Å². The largest absolute Gasteiger partial charge is 0.495 e. The van der Waals surface area contributed by atoms with E-state index in [9.17, 15) is 9.70 Å². The zero-order chi connectivity index (χ0) is 15.1. The summed E-state index contributed by atoms with van der Waals surface area (Å²) >= 11 is 0. The number of hydrogen-bond donors (Lipinski definition) is 2. The molecule has 2 N–H and O–H groups in total. The number of rotatable bonds is 6. The van der Waals surface area contributed by atoms with E-state index in [1.807, 2.05) is 0 Å². The molecule has 1 aromatic carbocycles. The van der Waals surface area contributed by atoms with Crippen LogP contribution in [0.4, 0.5) is 11.4 Å². The Bertz CT molecular complexity index is 499. The Labute approximate surface area is 124 Å². The monoisotopic (exact) mass is 291 g/mol. The van der Waals surface area contributed by atoms with Crippen LogP contribution >= 0.6 is 0 Å². The number of anilines is 1. The Morgan fingerprint density at radius 3 is 2.76 bits per heavy atom. The Hall–Kier alpha value is -1.95. The zero-order valence-electron chi connectivity index (χ0n) is 12.2. The van der Waals surface area contributed by atoms with Crippen LogP contribution in [-0.2, 0) is 4.79 Å². The fourth-order valence-corrected chi connectivity index (χ4v) is 2.59. The third-order valence-electron chi connectivity index (χ3n) is 3.72. The SMILES string of the molecule is COc1ccc(N=O)cc1NC(=O)CNC1CCCCC1. The van der Waals surface area contributed by atoms with Crippen LogP contribution in [0, 0.1) is 4.91 Å². The van der Waals surface area contributed by atoms with Gasteiger partial charge in [-0.1, -0.05) is 19.3 Å². The third kappa shape index (κ3) is 4.53. The number of benzene rings is 1. The van der Waals surface area contributed by atoms with Crippen LogP contribution in [0.1, 0.15) is 32.1 Å². The van der Waals surface area contributed by atoms with Gasteiger partial charge in [0.1, 0.15) is 11.4 Å². The van der Waals surface area contributed by atoms with E-state index >= 15 is 0 Å². The molecule has 0 atom stereocenters. The highest BCUT2D eigenvalue weighted by molar-refractivity contribution is 5.94. The molecule has 0 bridgehead atoms. The Morgan fingerprint density at radius 2 is 2.10 bits per heavy atom. The topological polar surface area (TPSA) is 79.8 Å². The smallest absolute Gasteiger partial charge is 0.238 e. The fourth-order valence-electron chi connectivity index (χ4n) is 2.59. The van der Waals surface area contributed by atoms with Gasteiger partial charge in [0.05, 0.1) is 19.3 Å². The number of methoxy groups -OCH3 is 1. The summed E-state index contributed by atoms with van der Waals surface area (Å²) in [6, 6.07) is 5.09. The van der Waals surface area contributed by atoms with Crippen LogP contribution in [0.15, 0.2) is 23.4 Å². The van der Waals surface area contributed by atoms with E-state index < -0.39 is 0 Å². The van der Waals surface area contributed by atoms with Gasteiger partial charge in [0.25, 0.3) is 0 Å². The van der Waals surface area contributed by atoms with Crippen LogP contribution in [-0.4, -0.2) is 25.6 Å². The molecule has 6 heteroatoms. The molecule has 2 rings (SSSR count). The molecular formula is C15H21N3O3. The highest BCUT2D eigenvalue weighted by atomic mass is 16.5. The van der Waals surface area contributed by atoms with Crippen LogP contribution in [0.5, 0.6) is 5.75 Å². The first kappa shape index (κ1) is 15.4. The third-order valence-corrected chi connectivity index (χ3v) is 3.72.